The van der Waals surface area contributed by atoms with Gasteiger partial charge >= 0.3 is 6.09 Å². The molecule has 0 bridgehead atoms. The van der Waals surface area contributed by atoms with Crippen LogP contribution in [0, 0.1) is 0 Å². The van der Waals surface area contributed by atoms with Crippen molar-refractivity contribution in [3.8, 4) is 5.75 Å². The molecule has 0 saturated carbocycles. The molecule has 1 aliphatic rings. The highest BCUT2D eigenvalue weighted by Crippen LogP contribution is 2.29. The summed E-state index contributed by atoms with van der Waals surface area (Å²) in [5.41, 5.74) is 0.337. The number of amides is 1. The van der Waals surface area contributed by atoms with Gasteiger partial charge in [-0.3, -0.25) is 0 Å². The van der Waals surface area contributed by atoms with Crippen molar-refractivity contribution in [2.24, 2.45) is 0 Å². The topological polar surface area (TPSA) is 53.0 Å². The monoisotopic (exact) mass is 292 g/mol. The number of hydrogen-bond donors (Lipinski definition) is 1. The summed E-state index contributed by atoms with van der Waals surface area (Å²) in [6, 6.07) is 7.42. The molecule has 5 heteroatoms. The molecule has 1 aromatic carbocycles. The molecule has 1 aliphatic heterocycles. The average molecular weight is 292 g/mol. The number of phenols is 1. The van der Waals surface area contributed by atoms with Gasteiger partial charge < -0.3 is 19.6 Å². The van der Waals surface area contributed by atoms with Gasteiger partial charge in [-0.1, -0.05) is 12.1 Å². The quantitative estimate of drug-likeness (QED) is 0.865. The van der Waals surface area contributed by atoms with Gasteiger partial charge in [-0.15, -0.1) is 0 Å². The Labute approximate surface area is 126 Å². The zero-order chi connectivity index (χ0) is 15.6. The zero-order valence-electron chi connectivity index (χ0n) is 13.2. The van der Waals surface area contributed by atoms with Gasteiger partial charge in [0.05, 0.1) is 5.69 Å². The molecule has 0 unspecified atom stereocenters. The van der Waals surface area contributed by atoms with Gasteiger partial charge in [-0.05, 0) is 39.8 Å². The van der Waals surface area contributed by atoms with Crippen LogP contribution in [0.3, 0.4) is 0 Å². The van der Waals surface area contributed by atoms with E-state index >= 15 is 0 Å². The largest absolute Gasteiger partial charge is 0.506 e. The third kappa shape index (κ3) is 3.80. The van der Waals surface area contributed by atoms with Crippen molar-refractivity contribution in [1.29, 1.82) is 0 Å². The number of para-hydroxylation sites is 2. The molecule has 2 rings (SSSR count). The molecule has 0 radical (unpaired) electrons. The summed E-state index contributed by atoms with van der Waals surface area (Å²) in [4.78, 5) is 16.0. The highest BCUT2D eigenvalue weighted by Gasteiger charge is 2.30. The minimum atomic E-state index is -0.477. The van der Waals surface area contributed by atoms with Gasteiger partial charge in [0.15, 0.2) is 0 Å². The molecular weight excluding hydrogens is 268 g/mol. The SMILES string of the molecule is C[C@@H]1CN(C(=O)OC(C)(C)C)CCN1c1ccccc1O. The number of phenolic OH excluding ortho intramolecular Hbond substituents is 1. The lowest BCUT2D eigenvalue weighted by molar-refractivity contribution is 0.0219. The van der Waals surface area contributed by atoms with E-state index in [0.29, 0.717) is 19.6 Å². The molecular formula is C16H24N2O3. The van der Waals surface area contributed by atoms with Gasteiger partial charge in [0, 0.05) is 25.7 Å². The van der Waals surface area contributed by atoms with E-state index in [0.717, 1.165) is 5.69 Å². The molecule has 0 spiro atoms. The Morgan fingerprint density at radius 3 is 2.52 bits per heavy atom. The summed E-state index contributed by atoms with van der Waals surface area (Å²) < 4.78 is 5.41. The molecule has 1 heterocycles. The normalized spacial score (nSPS) is 19.5. The fourth-order valence-electron chi connectivity index (χ4n) is 2.51. The lowest BCUT2D eigenvalue weighted by Crippen LogP contribution is -2.54. The summed E-state index contributed by atoms with van der Waals surface area (Å²) in [5.74, 6) is 0.273. The maximum atomic E-state index is 12.1. The van der Waals surface area contributed by atoms with Gasteiger partial charge in [-0.2, -0.15) is 0 Å². The van der Waals surface area contributed by atoms with Crippen LogP contribution in [-0.2, 0) is 4.74 Å². The Bertz CT molecular complexity index is 510. The van der Waals surface area contributed by atoms with E-state index in [1.165, 1.54) is 0 Å². The van der Waals surface area contributed by atoms with Crippen LogP contribution in [0.25, 0.3) is 0 Å². The average Bonchev–Trinajstić information content (AvgIpc) is 2.38. The van der Waals surface area contributed by atoms with Crippen molar-refractivity contribution < 1.29 is 14.6 Å². The first-order chi connectivity index (χ1) is 9.78. The summed E-state index contributed by atoms with van der Waals surface area (Å²) in [5, 5.41) is 9.96. The molecule has 5 nitrogen and oxygen atoms in total. The standard InChI is InChI=1S/C16H24N2O3/c1-12-11-17(15(20)21-16(2,3)4)9-10-18(12)13-7-5-6-8-14(13)19/h5-8,12,19H,9-11H2,1-4H3/t12-/m1/s1. The maximum absolute atomic E-state index is 12.1. The highest BCUT2D eigenvalue weighted by molar-refractivity contribution is 5.69. The second-order valence-electron chi connectivity index (χ2n) is 6.46. The number of piperazine rings is 1. The van der Waals surface area contributed by atoms with Crippen LogP contribution >= 0.6 is 0 Å². The van der Waals surface area contributed by atoms with Crippen molar-refractivity contribution in [2.75, 3.05) is 24.5 Å². The molecule has 21 heavy (non-hydrogen) atoms. The lowest BCUT2D eigenvalue weighted by atomic mass is 10.1. The van der Waals surface area contributed by atoms with E-state index < -0.39 is 5.60 Å². The number of anilines is 1. The van der Waals surface area contributed by atoms with E-state index in [1.54, 1.807) is 17.0 Å². The second-order valence-corrected chi connectivity index (χ2v) is 6.46. The van der Waals surface area contributed by atoms with Gasteiger partial charge in [0.1, 0.15) is 11.4 Å². The smallest absolute Gasteiger partial charge is 0.410 e. The first-order valence-electron chi connectivity index (χ1n) is 7.30. The summed E-state index contributed by atoms with van der Waals surface area (Å²) in [6.07, 6.45) is -0.272. The van der Waals surface area contributed by atoms with Crippen LogP contribution in [0.15, 0.2) is 24.3 Å². The third-order valence-corrected chi connectivity index (χ3v) is 3.47. The maximum Gasteiger partial charge on any atom is 0.410 e. The number of aromatic hydroxyl groups is 1. The zero-order valence-corrected chi connectivity index (χ0v) is 13.2. The number of ether oxygens (including phenoxy) is 1. The first kappa shape index (κ1) is 15.5. The predicted molar refractivity (Wildman–Crippen MR) is 82.7 cm³/mol. The van der Waals surface area contributed by atoms with E-state index in [2.05, 4.69) is 4.90 Å². The van der Waals surface area contributed by atoms with Gasteiger partial charge in [0.2, 0.25) is 0 Å². The molecule has 1 fully saturated rings. The fraction of sp³-hybridized carbons (Fsp3) is 0.562. The number of hydrogen-bond acceptors (Lipinski definition) is 4. The Morgan fingerprint density at radius 2 is 1.95 bits per heavy atom. The van der Waals surface area contributed by atoms with Gasteiger partial charge in [-0.25, -0.2) is 4.79 Å². The van der Waals surface area contributed by atoms with Crippen LogP contribution < -0.4 is 4.90 Å². The molecule has 1 atom stereocenters. The summed E-state index contributed by atoms with van der Waals surface area (Å²) in [7, 11) is 0. The van der Waals surface area contributed by atoms with Crippen LogP contribution in [0.2, 0.25) is 0 Å². The van der Waals surface area contributed by atoms with Gasteiger partial charge in [0.25, 0.3) is 0 Å². The molecule has 1 amide bonds. The number of carbonyl (C=O) groups is 1. The fourth-order valence-corrected chi connectivity index (χ4v) is 2.51. The van der Waals surface area contributed by atoms with Crippen molar-refractivity contribution in [1.82, 2.24) is 4.90 Å². The molecule has 0 aromatic heterocycles. The van der Waals surface area contributed by atoms with Crippen molar-refractivity contribution in [2.45, 2.75) is 39.3 Å². The Hall–Kier alpha value is -1.91. The molecule has 1 saturated heterocycles. The van der Waals surface area contributed by atoms with E-state index in [1.807, 2.05) is 39.8 Å². The number of nitrogens with zero attached hydrogens (tertiary/aromatic N) is 2. The minimum Gasteiger partial charge on any atom is -0.506 e. The summed E-state index contributed by atoms with van der Waals surface area (Å²) >= 11 is 0. The minimum absolute atomic E-state index is 0.125. The second kappa shape index (κ2) is 5.84. The van der Waals surface area contributed by atoms with Crippen LogP contribution in [-0.4, -0.2) is 47.4 Å². The molecule has 1 N–H and O–H groups in total. The predicted octanol–water partition coefficient (Wildman–Crippen LogP) is 2.84. The molecule has 0 aliphatic carbocycles. The van der Waals surface area contributed by atoms with Crippen LogP contribution in [0.5, 0.6) is 5.75 Å². The van der Waals surface area contributed by atoms with Crippen LogP contribution in [0.1, 0.15) is 27.7 Å². The van der Waals surface area contributed by atoms with E-state index in [4.69, 9.17) is 4.74 Å². The Balaban J connectivity index is 2.03. The molecule has 1 aromatic rings. The third-order valence-electron chi connectivity index (χ3n) is 3.47. The molecule has 116 valence electrons. The first-order valence-corrected chi connectivity index (χ1v) is 7.30. The van der Waals surface area contributed by atoms with E-state index in [9.17, 15) is 9.90 Å². The van der Waals surface area contributed by atoms with Crippen molar-refractivity contribution >= 4 is 11.8 Å². The number of benzene rings is 1. The van der Waals surface area contributed by atoms with E-state index in [-0.39, 0.29) is 17.9 Å². The van der Waals surface area contributed by atoms with Crippen molar-refractivity contribution in [3.05, 3.63) is 24.3 Å². The Kier molecular flexibility index (Phi) is 4.30. The Morgan fingerprint density at radius 1 is 1.29 bits per heavy atom. The lowest BCUT2D eigenvalue weighted by Gasteiger charge is -2.41. The number of rotatable bonds is 1. The number of carbonyl (C=O) groups excluding carboxylic acids is 1. The highest BCUT2D eigenvalue weighted by atomic mass is 16.6. The van der Waals surface area contributed by atoms with Crippen LogP contribution in [0.4, 0.5) is 10.5 Å². The van der Waals surface area contributed by atoms with Crippen molar-refractivity contribution in [3.63, 3.8) is 0 Å². The summed E-state index contributed by atoms with van der Waals surface area (Å²) in [6.45, 7) is 9.50.